The van der Waals surface area contributed by atoms with Crippen LogP contribution >= 0.6 is 11.3 Å². The molecular weight excluding hydrogens is 513 g/mol. The second kappa shape index (κ2) is 13.7. The van der Waals surface area contributed by atoms with Crippen molar-refractivity contribution in [3.63, 3.8) is 0 Å². The van der Waals surface area contributed by atoms with Gasteiger partial charge in [-0.15, -0.1) is 11.3 Å². The van der Waals surface area contributed by atoms with Gasteiger partial charge in [-0.05, 0) is 42.5 Å². The highest BCUT2D eigenvalue weighted by Crippen LogP contribution is 2.36. The van der Waals surface area contributed by atoms with Gasteiger partial charge in [-0.25, -0.2) is 14.8 Å². The van der Waals surface area contributed by atoms with E-state index in [2.05, 4.69) is 22.2 Å². The lowest BCUT2D eigenvalue weighted by molar-refractivity contribution is -0.138. The van der Waals surface area contributed by atoms with Crippen LogP contribution in [0, 0.1) is 5.92 Å². The zero-order valence-corrected chi connectivity index (χ0v) is 22.8. The Morgan fingerprint density at radius 2 is 1.84 bits per heavy atom. The molecule has 1 atom stereocenters. The van der Waals surface area contributed by atoms with Crippen LogP contribution in [0.25, 0.3) is 11.3 Å². The van der Waals surface area contributed by atoms with E-state index in [-0.39, 0.29) is 11.8 Å². The van der Waals surface area contributed by atoms with Crippen molar-refractivity contribution in [1.82, 2.24) is 9.97 Å². The first-order chi connectivity index (χ1) is 18.1. The van der Waals surface area contributed by atoms with Crippen LogP contribution in [0.15, 0.2) is 41.9 Å². The summed E-state index contributed by atoms with van der Waals surface area (Å²) in [4.78, 5) is 20.6. The Balaban J connectivity index is 1.65. The van der Waals surface area contributed by atoms with Crippen LogP contribution in [-0.2, 0) is 17.4 Å². The highest BCUT2D eigenvalue weighted by atomic mass is 32.1. The van der Waals surface area contributed by atoms with Gasteiger partial charge in [0.2, 0.25) is 5.88 Å². The standard InChI is InChI=1S/C28H35F3N4O2S/c1-4-5-6-7-8-9-10-19-11-13-21(15-22(19)28(29,30)31)34-27-35-23(17-38-27)20-12-14-24(33-16-20)37-26(36)25(32)18(2)3/h11-18,25H,4-10,32H2,1-3H3,(H,34,35)/t25-/m0/s1. The van der Waals surface area contributed by atoms with Crippen LogP contribution < -0.4 is 15.8 Å². The Morgan fingerprint density at radius 1 is 1.11 bits per heavy atom. The second-order valence-corrected chi connectivity index (χ2v) is 10.5. The summed E-state index contributed by atoms with van der Waals surface area (Å²) in [6.45, 7) is 5.79. The number of carbonyl (C=O) groups excluding carboxylic acids is 1. The number of pyridine rings is 1. The highest BCUT2D eigenvalue weighted by molar-refractivity contribution is 7.14. The number of nitrogens with two attached hydrogens (primary N) is 1. The Morgan fingerprint density at radius 3 is 2.50 bits per heavy atom. The first-order valence-electron chi connectivity index (χ1n) is 12.9. The minimum absolute atomic E-state index is 0.0635. The smallest absolute Gasteiger partial charge is 0.406 e. The molecule has 0 aliphatic heterocycles. The lowest BCUT2D eigenvalue weighted by atomic mass is 9.99. The van der Waals surface area contributed by atoms with E-state index in [0.29, 0.717) is 34.1 Å². The van der Waals surface area contributed by atoms with E-state index in [9.17, 15) is 18.0 Å². The third-order valence-corrected chi connectivity index (χ3v) is 6.96. The zero-order valence-electron chi connectivity index (χ0n) is 22.0. The number of nitrogens with one attached hydrogen (secondary N) is 1. The van der Waals surface area contributed by atoms with Gasteiger partial charge < -0.3 is 15.8 Å². The van der Waals surface area contributed by atoms with E-state index >= 15 is 0 Å². The van der Waals surface area contributed by atoms with Gasteiger partial charge in [0.05, 0.1) is 11.3 Å². The average molecular weight is 549 g/mol. The molecule has 3 rings (SSSR count). The van der Waals surface area contributed by atoms with E-state index in [0.717, 1.165) is 44.6 Å². The number of thiazole rings is 1. The summed E-state index contributed by atoms with van der Waals surface area (Å²) in [6, 6.07) is 6.88. The maximum atomic E-state index is 13.8. The molecule has 2 heterocycles. The van der Waals surface area contributed by atoms with E-state index in [1.54, 1.807) is 29.6 Å². The molecule has 0 radical (unpaired) electrons. The van der Waals surface area contributed by atoms with Crippen LogP contribution in [0.1, 0.15) is 70.4 Å². The largest absolute Gasteiger partial charge is 0.416 e. The highest BCUT2D eigenvalue weighted by Gasteiger charge is 2.33. The van der Waals surface area contributed by atoms with Gasteiger partial charge in [-0.2, -0.15) is 13.2 Å². The van der Waals surface area contributed by atoms with Crippen molar-refractivity contribution in [3.05, 3.63) is 53.0 Å². The van der Waals surface area contributed by atoms with Crippen LogP contribution in [0.4, 0.5) is 24.0 Å². The number of anilines is 2. The molecule has 0 amide bonds. The molecule has 0 bridgehead atoms. The Bertz CT molecular complexity index is 1180. The Kier molecular flexibility index (Phi) is 10.7. The summed E-state index contributed by atoms with van der Waals surface area (Å²) in [5.41, 5.74) is 7.10. The van der Waals surface area contributed by atoms with E-state index in [4.69, 9.17) is 10.5 Å². The number of hydrogen-bond donors (Lipinski definition) is 2. The van der Waals surface area contributed by atoms with Crippen molar-refractivity contribution in [2.75, 3.05) is 5.32 Å². The normalized spacial score (nSPS) is 12.5. The lowest BCUT2D eigenvalue weighted by Gasteiger charge is -2.15. The van der Waals surface area contributed by atoms with E-state index < -0.39 is 23.8 Å². The fourth-order valence-electron chi connectivity index (χ4n) is 3.85. The van der Waals surface area contributed by atoms with Gasteiger partial charge in [0.15, 0.2) is 5.13 Å². The first kappa shape index (κ1) is 29.6. The van der Waals surface area contributed by atoms with E-state index in [1.165, 1.54) is 17.5 Å². The van der Waals surface area contributed by atoms with Gasteiger partial charge in [-0.1, -0.05) is 58.9 Å². The van der Waals surface area contributed by atoms with Crippen molar-refractivity contribution in [2.45, 2.75) is 77.9 Å². The summed E-state index contributed by atoms with van der Waals surface area (Å²) in [5.74, 6) is -0.493. The number of carbonyl (C=O) groups is 1. The molecule has 6 nitrogen and oxygen atoms in total. The van der Waals surface area contributed by atoms with Crippen molar-refractivity contribution in [1.29, 1.82) is 0 Å². The number of ether oxygens (including phenoxy) is 1. The maximum Gasteiger partial charge on any atom is 0.416 e. The fourth-order valence-corrected chi connectivity index (χ4v) is 4.59. The first-order valence-corrected chi connectivity index (χ1v) is 13.8. The van der Waals surface area contributed by atoms with Crippen LogP contribution in [-0.4, -0.2) is 22.0 Å². The molecule has 0 spiro atoms. The van der Waals surface area contributed by atoms with Crippen LogP contribution in [0.5, 0.6) is 5.88 Å². The summed E-state index contributed by atoms with van der Waals surface area (Å²) < 4.78 is 46.5. The topological polar surface area (TPSA) is 90.1 Å². The molecule has 0 saturated carbocycles. The number of rotatable bonds is 13. The third kappa shape index (κ3) is 8.52. The van der Waals surface area contributed by atoms with Crippen molar-refractivity contribution < 1.29 is 22.7 Å². The quantitative estimate of drug-likeness (QED) is 0.168. The summed E-state index contributed by atoms with van der Waals surface area (Å²) in [5, 5.41) is 5.22. The molecule has 0 fully saturated rings. The van der Waals surface area contributed by atoms with Crippen molar-refractivity contribution >= 4 is 28.1 Å². The molecule has 0 saturated heterocycles. The summed E-state index contributed by atoms with van der Waals surface area (Å²) >= 11 is 1.27. The molecule has 1 aromatic carbocycles. The predicted octanol–water partition coefficient (Wildman–Crippen LogP) is 7.76. The number of halogens is 3. The number of aromatic nitrogens is 2. The summed E-state index contributed by atoms with van der Waals surface area (Å²) in [6.07, 6.45) is 3.65. The number of nitrogens with zero attached hydrogens (tertiary/aromatic N) is 2. The summed E-state index contributed by atoms with van der Waals surface area (Å²) in [7, 11) is 0. The minimum atomic E-state index is -4.43. The molecule has 0 aliphatic carbocycles. The molecule has 3 aromatic rings. The Labute approximate surface area is 225 Å². The number of esters is 1. The predicted molar refractivity (Wildman–Crippen MR) is 146 cm³/mol. The number of aryl methyl sites for hydroxylation is 1. The maximum absolute atomic E-state index is 13.8. The lowest BCUT2D eigenvalue weighted by Crippen LogP contribution is -2.38. The number of alkyl halides is 3. The Hall–Kier alpha value is -2.98. The van der Waals surface area contributed by atoms with E-state index in [1.807, 2.05) is 13.8 Å². The number of benzene rings is 1. The second-order valence-electron chi connectivity index (χ2n) is 9.63. The monoisotopic (exact) mass is 548 g/mol. The van der Waals surface area contributed by atoms with Crippen LogP contribution in [0.2, 0.25) is 0 Å². The molecular formula is C28H35F3N4O2S. The van der Waals surface area contributed by atoms with Crippen LogP contribution in [0.3, 0.4) is 0 Å². The molecule has 206 valence electrons. The average Bonchev–Trinajstić information content (AvgIpc) is 3.34. The molecule has 2 aromatic heterocycles. The van der Waals surface area contributed by atoms with Crippen molar-refractivity contribution in [3.8, 4) is 17.1 Å². The van der Waals surface area contributed by atoms with Gasteiger partial charge >= 0.3 is 12.1 Å². The number of hydrogen-bond acceptors (Lipinski definition) is 7. The molecule has 10 heteroatoms. The van der Waals surface area contributed by atoms with Gasteiger partial charge in [-0.3, -0.25) is 0 Å². The molecule has 0 unspecified atom stereocenters. The third-order valence-electron chi connectivity index (χ3n) is 6.20. The molecule has 0 aliphatic rings. The SMILES string of the molecule is CCCCCCCCc1ccc(Nc2nc(-c3ccc(OC(=O)[C@@H](N)C(C)C)nc3)cs2)cc1C(F)(F)F. The number of unbranched alkanes of at least 4 members (excludes halogenated alkanes) is 5. The minimum Gasteiger partial charge on any atom is -0.406 e. The van der Waals surface area contributed by atoms with Gasteiger partial charge in [0.1, 0.15) is 6.04 Å². The van der Waals surface area contributed by atoms with Gasteiger partial charge in [0, 0.05) is 28.9 Å². The molecule has 38 heavy (non-hydrogen) atoms. The van der Waals surface area contributed by atoms with Crippen molar-refractivity contribution in [2.24, 2.45) is 11.7 Å². The fraction of sp³-hybridized carbons (Fsp3) is 0.464. The zero-order chi connectivity index (χ0) is 27.7. The molecule has 3 N–H and O–H groups in total. The van der Waals surface area contributed by atoms with Gasteiger partial charge in [0.25, 0.3) is 0 Å².